The van der Waals surface area contributed by atoms with E-state index in [-0.39, 0.29) is 36.3 Å². The summed E-state index contributed by atoms with van der Waals surface area (Å²) in [7, 11) is 1.70. The Labute approximate surface area is 208 Å². The van der Waals surface area contributed by atoms with E-state index in [1.165, 1.54) is 6.20 Å². The van der Waals surface area contributed by atoms with Crippen molar-refractivity contribution in [1.82, 2.24) is 24.6 Å². The first kappa shape index (κ1) is 24.8. The van der Waals surface area contributed by atoms with Crippen LogP contribution in [-0.2, 0) is 11.3 Å². The monoisotopic (exact) mass is 501 g/mol. The number of hydrogen-bond acceptors (Lipinski definition) is 5. The summed E-state index contributed by atoms with van der Waals surface area (Å²) < 4.78 is 33.6. The fourth-order valence-electron chi connectivity index (χ4n) is 5.65. The van der Waals surface area contributed by atoms with E-state index in [0.717, 1.165) is 31.7 Å². The molecule has 1 aliphatic heterocycles. The van der Waals surface area contributed by atoms with Crippen LogP contribution in [0.4, 0.5) is 8.78 Å². The molecule has 1 saturated heterocycles. The van der Waals surface area contributed by atoms with Gasteiger partial charge in [-0.1, -0.05) is 0 Å². The summed E-state index contributed by atoms with van der Waals surface area (Å²) in [5, 5.41) is 5.45. The molecule has 8 nitrogen and oxygen atoms in total. The molecule has 1 aromatic carbocycles. The van der Waals surface area contributed by atoms with E-state index in [0.29, 0.717) is 47.0 Å². The van der Waals surface area contributed by atoms with Crippen LogP contribution in [0.2, 0.25) is 0 Å². The van der Waals surface area contributed by atoms with Crippen molar-refractivity contribution in [3.63, 3.8) is 0 Å². The number of H-pyrrole nitrogens is 1. The van der Waals surface area contributed by atoms with E-state index in [1.807, 2.05) is 24.0 Å². The molecule has 2 aliphatic rings. The number of fused-ring (bicyclic) bond motifs is 3. The zero-order valence-electron chi connectivity index (χ0n) is 21.0. The average molecular weight is 502 g/mol. The van der Waals surface area contributed by atoms with Crippen molar-refractivity contribution in [3.05, 3.63) is 39.8 Å². The lowest BCUT2D eigenvalue weighted by atomic mass is 9.81. The van der Waals surface area contributed by atoms with Gasteiger partial charge in [-0.2, -0.15) is 5.10 Å². The largest absolute Gasteiger partial charge is 0.385 e. The Balaban J connectivity index is 1.44. The van der Waals surface area contributed by atoms with Crippen molar-refractivity contribution in [2.75, 3.05) is 39.9 Å². The minimum Gasteiger partial charge on any atom is -0.385 e. The highest BCUT2D eigenvalue weighted by molar-refractivity contribution is 6.07. The highest BCUT2D eigenvalue weighted by Gasteiger charge is 2.45. The van der Waals surface area contributed by atoms with Gasteiger partial charge in [0.2, 0.25) is 5.92 Å². The molecule has 3 heterocycles. The number of aryl methyl sites for hydroxylation is 1. The Bertz CT molecular complexity index is 1340. The third kappa shape index (κ3) is 4.64. The topological polar surface area (TPSA) is 83.5 Å². The molecule has 0 radical (unpaired) electrons. The summed E-state index contributed by atoms with van der Waals surface area (Å²) in [6.45, 7) is 8.06. The smallest absolute Gasteiger partial charge is 0.259 e. The van der Waals surface area contributed by atoms with Crippen LogP contribution in [0, 0.1) is 12.8 Å². The average Bonchev–Trinajstić information content (AvgIpc) is 3.23. The maximum absolute atomic E-state index is 13.6. The second-order valence-corrected chi connectivity index (χ2v) is 10.4. The van der Waals surface area contributed by atoms with Crippen LogP contribution >= 0.6 is 0 Å². The van der Waals surface area contributed by atoms with Crippen LogP contribution in [0.3, 0.4) is 0 Å². The fraction of sp³-hybridized carbons (Fsp3) is 0.577. The molecule has 2 fully saturated rings. The third-order valence-corrected chi connectivity index (χ3v) is 7.63. The summed E-state index contributed by atoms with van der Waals surface area (Å²) in [6.07, 6.45) is 2.09. The van der Waals surface area contributed by atoms with Crippen LogP contribution in [-0.4, -0.2) is 82.3 Å². The van der Waals surface area contributed by atoms with E-state index in [1.54, 1.807) is 11.8 Å². The summed E-state index contributed by atoms with van der Waals surface area (Å²) in [4.78, 5) is 33.5. The van der Waals surface area contributed by atoms with E-state index in [9.17, 15) is 18.4 Å². The number of piperazine rings is 1. The Hall–Kier alpha value is -2.85. The summed E-state index contributed by atoms with van der Waals surface area (Å²) in [5.41, 5.74) is 2.29. The van der Waals surface area contributed by atoms with Gasteiger partial charge in [0.1, 0.15) is 0 Å². The molecule has 10 heteroatoms. The number of aromatic nitrogens is 3. The quantitative estimate of drug-likeness (QED) is 0.502. The first-order valence-corrected chi connectivity index (χ1v) is 12.6. The van der Waals surface area contributed by atoms with Crippen LogP contribution in [0.15, 0.2) is 23.1 Å². The number of carbonyl (C=O) groups is 1. The molecule has 1 saturated carbocycles. The molecule has 1 atom stereocenters. The minimum absolute atomic E-state index is 0.0400. The van der Waals surface area contributed by atoms with Crippen LogP contribution in [0.5, 0.6) is 0 Å². The first-order chi connectivity index (χ1) is 17.2. The van der Waals surface area contributed by atoms with Gasteiger partial charge in [0.15, 0.2) is 0 Å². The number of nitrogens with one attached hydrogen (secondary N) is 1. The maximum Gasteiger partial charge on any atom is 0.259 e. The number of alkyl halides is 2. The number of benzene rings is 1. The summed E-state index contributed by atoms with van der Waals surface area (Å²) in [6, 6.07) is 3.89. The normalized spacial score (nSPS) is 20.8. The first-order valence-electron chi connectivity index (χ1n) is 12.6. The van der Waals surface area contributed by atoms with Gasteiger partial charge in [0.25, 0.3) is 11.5 Å². The molecule has 36 heavy (non-hydrogen) atoms. The second kappa shape index (κ2) is 9.55. The molecule has 2 aromatic heterocycles. The highest BCUT2D eigenvalue weighted by Crippen LogP contribution is 2.43. The van der Waals surface area contributed by atoms with Crippen molar-refractivity contribution in [1.29, 1.82) is 0 Å². The molecule has 1 amide bonds. The number of pyridine rings is 1. The summed E-state index contributed by atoms with van der Waals surface area (Å²) in [5.74, 6) is -2.85. The van der Waals surface area contributed by atoms with Crippen LogP contribution in [0.25, 0.3) is 21.8 Å². The number of halogens is 2. The molecular weight excluding hydrogens is 468 g/mol. The van der Waals surface area contributed by atoms with Gasteiger partial charge in [-0.05, 0) is 43.9 Å². The van der Waals surface area contributed by atoms with Gasteiger partial charge in [-0.25, -0.2) is 8.78 Å². The lowest BCUT2D eigenvalue weighted by molar-refractivity contribution is -0.114. The number of ether oxygens (including phenoxy) is 1. The Morgan fingerprint density at radius 1 is 1.25 bits per heavy atom. The third-order valence-electron chi connectivity index (χ3n) is 7.63. The van der Waals surface area contributed by atoms with Crippen molar-refractivity contribution in [3.8, 4) is 0 Å². The number of amides is 1. The SMILES string of the molecule is COCCCN1CCN(C(=O)c2cc3c(cc2C)[nH]c(=O)c2cnn(CC4CC(F)(F)C4)c23)C[C@@H]1C. The van der Waals surface area contributed by atoms with Gasteiger partial charge in [-0.15, -0.1) is 0 Å². The van der Waals surface area contributed by atoms with Gasteiger partial charge >= 0.3 is 0 Å². The zero-order valence-corrected chi connectivity index (χ0v) is 21.0. The van der Waals surface area contributed by atoms with Crippen molar-refractivity contribution in [2.24, 2.45) is 5.92 Å². The van der Waals surface area contributed by atoms with E-state index in [4.69, 9.17) is 4.74 Å². The van der Waals surface area contributed by atoms with Gasteiger partial charge in [0.05, 0.1) is 22.6 Å². The molecule has 5 rings (SSSR count). The van der Waals surface area contributed by atoms with Crippen molar-refractivity contribution < 1.29 is 18.3 Å². The fourth-order valence-corrected chi connectivity index (χ4v) is 5.65. The molecule has 3 aromatic rings. The predicted molar refractivity (Wildman–Crippen MR) is 134 cm³/mol. The van der Waals surface area contributed by atoms with Crippen LogP contribution < -0.4 is 5.56 Å². The second-order valence-electron chi connectivity index (χ2n) is 10.4. The Kier molecular flexibility index (Phi) is 6.59. The predicted octanol–water partition coefficient (Wildman–Crippen LogP) is 3.41. The maximum atomic E-state index is 13.6. The molecule has 0 bridgehead atoms. The number of aromatic amines is 1. The molecular formula is C26H33F2N5O3. The van der Waals surface area contributed by atoms with E-state index in [2.05, 4.69) is 21.9 Å². The van der Waals surface area contributed by atoms with Crippen LogP contribution in [0.1, 0.15) is 42.1 Å². The van der Waals surface area contributed by atoms with Gasteiger partial charge in [0, 0.05) is 76.3 Å². The number of hydrogen-bond donors (Lipinski definition) is 1. The molecule has 194 valence electrons. The van der Waals surface area contributed by atoms with E-state index >= 15 is 0 Å². The van der Waals surface area contributed by atoms with Crippen molar-refractivity contribution >= 4 is 27.7 Å². The minimum atomic E-state index is -2.62. The van der Waals surface area contributed by atoms with Gasteiger partial charge < -0.3 is 14.6 Å². The Morgan fingerprint density at radius 3 is 2.72 bits per heavy atom. The number of carbonyl (C=O) groups excluding carboxylic acids is 1. The molecule has 0 spiro atoms. The number of nitrogens with zero attached hydrogens (tertiary/aromatic N) is 4. The lowest BCUT2D eigenvalue weighted by Crippen LogP contribution is -2.53. The van der Waals surface area contributed by atoms with Crippen molar-refractivity contribution in [2.45, 2.75) is 51.6 Å². The molecule has 1 N–H and O–H groups in total. The highest BCUT2D eigenvalue weighted by atomic mass is 19.3. The van der Waals surface area contributed by atoms with Gasteiger partial charge in [-0.3, -0.25) is 19.2 Å². The molecule has 0 unspecified atom stereocenters. The van der Waals surface area contributed by atoms with E-state index < -0.39 is 5.92 Å². The molecule has 1 aliphatic carbocycles. The Morgan fingerprint density at radius 2 is 2.03 bits per heavy atom. The standard InChI is InChI=1S/C26H33F2N5O3/c1-16-9-22-20(10-19(16)25(35)32-7-6-31(17(2)14-32)5-4-8-36-3)23-21(24(34)30-22)13-29-33(23)15-18-11-26(27,28)12-18/h9-10,13,17-18H,4-8,11-12,14-15H2,1-3H3,(H,30,34)/t17-/m0/s1. The lowest BCUT2D eigenvalue weighted by Gasteiger charge is -2.40. The summed E-state index contributed by atoms with van der Waals surface area (Å²) >= 11 is 0. The zero-order chi connectivity index (χ0) is 25.6. The number of methoxy groups -OCH3 is 1. The number of rotatable bonds is 7.